The number of hydrogen-bond donors (Lipinski definition) is 1. The van der Waals surface area contributed by atoms with Crippen molar-refractivity contribution in [3.8, 4) is 11.5 Å². The number of oxazole rings is 1. The Morgan fingerprint density at radius 2 is 2.36 bits per heavy atom. The minimum absolute atomic E-state index is 0.261. The molecule has 2 aromatic rings. The van der Waals surface area contributed by atoms with Gasteiger partial charge in [-0.2, -0.15) is 0 Å². The number of aromatic nitrogens is 2. The molecule has 0 saturated carbocycles. The summed E-state index contributed by atoms with van der Waals surface area (Å²) in [5, 5.41) is 3.62. The third-order valence-electron chi connectivity index (χ3n) is 1.21. The van der Waals surface area contributed by atoms with Crippen molar-refractivity contribution in [3.05, 3.63) is 18.7 Å². The number of anilines is 1. The molecule has 0 spiro atoms. The lowest BCUT2D eigenvalue weighted by Crippen LogP contribution is -1.75. The molecular weight excluding hydrogens is 146 g/mol. The minimum Gasteiger partial charge on any atom is -0.442 e. The zero-order valence-corrected chi connectivity index (χ0v) is 5.52. The molecule has 0 aliphatic heterocycles. The highest BCUT2D eigenvalue weighted by Gasteiger charge is 2.05. The topological polar surface area (TPSA) is 78.1 Å². The van der Waals surface area contributed by atoms with Gasteiger partial charge < -0.3 is 14.7 Å². The van der Waals surface area contributed by atoms with E-state index in [0.29, 0.717) is 11.5 Å². The third kappa shape index (κ3) is 0.958. The maximum Gasteiger partial charge on any atom is 0.222 e. The molecule has 0 saturated heterocycles. The molecule has 0 fully saturated rings. The lowest BCUT2D eigenvalue weighted by molar-refractivity contribution is 0.435. The van der Waals surface area contributed by atoms with Gasteiger partial charge in [-0.25, -0.2) is 4.98 Å². The van der Waals surface area contributed by atoms with Crippen LogP contribution >= 0.6 is 0 Å². The summed E-state index contributed by atoms with van der Waals surface area (Å²) in [6.45, 7) is 0. The van der Waals surface area contributed by atoms with Crippen molar-refractivity contribution in [2.24, 2.45) is 0 Å². The first kappa shape index (κ1) is 5.96. The Balaban J connectivity index is 2.45. The highest BCUT2D eigenvalue weighted by atomic mass is 16.5. The number of rotatable bonds is 1. The first-order chi connectivity index (χ1) is 5.36. The van der Waals surface area contributed by atoms with Gasteiger partial charge in [-0.1, -0.05) is 5.16 Å². The highest BCUT2D eigenvalue weighted by molar-refractivity contribution is 5.53. The predicted molar refractivity (Wildman–Crippen MR) is 36.4 cm³/mol. The molecule has 0 aromatic carbocycles. The van der Waals surface area contributed by atoms with Gasteiger partial charge in [0.15, 0.2) is 17.8 Å². The fraction of sp³-hybridized carbons (Fsp3) is 0. The summed E-state index contributed by atoms with van der Waals surface area (Å²) in [6.07, 6.45) is 2.86. The molecule has 0 aliphatic rings. The quantitative estimate of drug-likeness (QED) is 0.655. The normalized spacial score (nSPS) is 10.2. The third-order valence-corrected chi connectivity index (χ3v) is 1.21. The summed E-state index contributed by atoms with van der Waals surface area (Å²) in [5.74, 6) is 0.807. The van der Waals surface area contributed by atoms with Gasteiger partial charge in [0.2, 0.25) is 5.88 Å². The van der Waals surface area contributed by atoms with E-state index >= 15 is 0 Å². The first-order valence-corrected chi connectivity index (χ1v) is 2.97. The second-order valence-corrected chi connectivity index (χ2v) is 1.98. The molecule has 0 amide bonds. The van der Waals surface area contributed by atoms with Crippen LogP contribution in [0.1, 0.15) is 0 Å². The number of nitrogens with zero attached hydrogens (tertiary/aromatic N) is 2. The predicted octanol–water partition coefficient (Wildman–Crippen LogP) is 0.912. The zero-order valence-electron chi connectivity index (χ0n) is 5.52. The van der Waals surface area contributed by atoms with Crippen molar-refractivity contribution in [2.75, 3.05) is 5.73 Å². The van der Waals surface area contributed by atoms with Gasteiger partial charge in [0, 0.05) is 6.07 Å². The fourth-order valence-corrected chi connectivity index (χ4v) is 0.748. The molecule has 2 aromatic heterocycles. The van der Waals surface area contributed by atoms with Gasteiger partial charge in [0.05, 0.1) is 6.20 Å². The summed E-state index contributed by atoms with van der Waals surface area (Å²) < 4.78 is 9.57. The average molecular weight is 151 g/mol. The van der Waals surface area contributed by atoms with E-state index in [2.05, 4.69) is 14.7 Å². The van der Waals surface area contributed by atoms with Crippen LogP contribution in [0, 0.1) is 0 Å². The first-order valence-electron chi connectivity index (χ1n) is 2.97. The molecule has 2 rings (SSSR count). The Morgan fingerprint density at radius 1 is 1.45 bits per heavy atom. The lowest BCUT2D eigenvalue weighted by Gasteiger charge is -1.80. The maximum absolute atomic E-state index is 5.29. The van der Waals surface area contributed by atoms with E-state index in [9.17, 15) is 0 Å². The molecule has 2 N–H and O–H groups in total. The molecule has 0 atom stereocenters. The van der Waals surface area contributed by atoms with Crippen LogP contribution < -0.4 is 5.73 Å². The van der Waals surface area contributed by atoms with Crippen LogP contribution in [0.3, 0.4) is 0 Å². The van der Waals surface area contributed by atoms with E-state index in [-0.39, 0.29) is 5.88 Å². The Labute approximate surface area is 61.8 Å². The monoisotopic (exact) mass is 151 g/mol. The summed E-state index contributed by atoms with van der Waals surface area (Å²) in [6, 6.07) is 1.57. The smallest absolute Gasteiger partial charge is 0.222 e. The Bertz CT molecular complexity index is 338. The van der Waals surface area contributed by atoms with Crippen molar-refractivity contribution >= 4 is 5.88 Å². The molecule has 11 heavy (non-hydrogen) atoms. The van der Waals surface area contributed by atoms with Crippen LogP contribution in [0.2, 0.25) is 0 Å². The van der Waals surface area contributed by atoms with Crippen molar-refractivity contribution in [2.45, 2.75) is 0 Å². The molecule has 0 bridgehead atoms. The average Bonchev–Trinajstić information content (AvgIpc) is 2.55. The summed E-state index contributed by atoms with van der Waals surface area (Å²) in [7, 11) is 0. The van der Waals surface area contributed by atoms with Gasteiger partial charge in [-0.15, -0.1) is 0 Å². The van der Waals surface area contributed by atoms with Crippen molar-refractivity contribution in [1.29, 1.82) is 0 Å². The second-order valence-electron chi connectivity index (χ2n) is 1.98. The molecule has 56 valence electrons. The van der Waals surface area contributed by atoms with E-state index < -0.39 is 0 Å². The Kier molecular flexibility index (Phi) is 1.15. The molecule has 5 nitrogen and oxygen atoms in total. The number of hydrogen-bond acceptors (Lipinski definition) is 5. The molecule has 5 heteroatoms. The van der Waals surface area contributed by atoms with E-state index in [0.717, 1.165) is 0 Å². The van der Waals surface area contributed by atoms with Gasteiger partial charge in [-0.05, 0) is 0 Å². The largest absolute Gasteiger partial charge is 0.442 e. The molecule has 0 unspecified atom stereocenters. The summed E-state index contributed by atoms with van der Waals surface area (Å²) >= 11 is 0. The van der Waals surface area contributed by atoms with Crippen LogP contribution in [0.4, 0.5) is 5.88 Å². The second kappa shape index (κ2) is 2.12. The minimum atomic E-state index is 0.261. The zero-order chi connectivity index (χ0) is 7.68. The van der Waals surface area contributed by atoms with Gasteiger partial charge in [-0.3, -0.25) is 0 Å². The van der Waals surface area contributed by atoms with Crippen LogP contribution in [-0.2, 0) is 0 Å². The lowest BCUT2D eigenvalue weighted by atomic mass is 10.3. The Morgan fingerprint density at radius 3 is 2.91 bits per heavy atom. The van der Waals surface area contributed by atoms with Crippen molar-refractivity contribution in [3.63, 3.8) is 0 Å². The number of nitrogens with two attached hydrogens (primary N) is 1. The van der Waals surface area contributed by atoms with E-state index in [1.807, 2.05) is 0 Å². The molecule has 2 heterocycles. The van der Waals surface area contributed by atoms with Crippen LogP contribution in [-0.4, -0.2) is 10.1 Å². The van der Waals surface area contributed by atoms with Gasteiger partial charge in [0.25, 0.3) is 0 Å². The summed E-state index contributed by atoms with van der Waals surface area (Å²) in [4.78, 5) is 3.72. The number of nitrogen functional groups attached to an aromatic ring is 1. The molecule has 0 aliphatic carbocycles. The van der Waals surface area contributed by atoms with Gasteiger partial charge >= 0.3 is 0 Å². The van der Waals surface area contributed by atoms with Crippen LogP contribution in [0.25, 0.3) is 11.5 Å². The molecular formula is C6H5N3O2. The standard InChI is InChI=1S/C6H5N3O2/c7-6-1-4(9-11-6)5-2-8-3-10-5/h1-3H,7H2. The van der Waals surface area contributed by atoms with Crippen molar-refractivity contribution < 1.29 is 8.94 Å². The van der Waals surface area contributed by atoms with E-state index in [4.69, 9.17) is 10.2 Å². The highest BCUT2D eigenvalue weighted by Crippen LogP contribution is 2.18. The van der Waals surface area contributed by atoms with Crippen LogP contribution in [0.15, 0.2) is 27.6 Å². The van der Waals surface area contributed by atoms with Gasteiger partial charge in [0.1, 0.15) is 0 Å². The fourth-order valence-electron chi connectivity index (χ4n) is 0.748. The Hall–Kier alpha value is -1.78. The van der Waals surface area contributed by atoms with Crippen molar-refractivity contribution in [1.82, 2.24) is 10.1 Å². The van der Waals surface area contributed by atoms with E-state index in [1.165, 1.54) is 12.6 Å². The molecule has 0 radical (unpaired) electrons. The maximum atomic E-state index is 5.29. The van der Waals surface area contributed by atoms with Crippen LogP contribution in [0.5, 0.6) is 0 Å². The van der Waals surface area contributed by atoms with E-state index in [1.54, 1.807) is 6.07 Å². The SMILES string of the molecule is Nc1cc(-c2cnco2)no1. The summed E-state index contributed by atoms with van der Waals surface area (Å²) in [5.41, 5.74) is 5.85.